The van der Waals surface area contributed by atoms with E-state index in [1.165, 1.54) is 12.1 Å². The van der Waals surface area contributed by atoms with Gasteiger partial charge in [-0.3, -0.25) is 10.1 Å². The lowest BCUT2D eigenvalue weighted by atomic mass is 9.86. The fourth-order valence-corrected chi connectivity index (χ4v) is 5.00. The molecule has 2 saturated heterocycles. The average Bonchev–Trinajstić information content (AvgIpc) is 2.87. The summed E-state index contributed by atoms with van der Waals surface area (Å²) < 4.78 is 15.2. The maximum Gasteiger partial charge on any atom is 0.226 e. The maximum absolute atomic E-state index is 13.0. The van der Waals surface area contributed by atoms with E-state index in [0.29, 0.717) is 19.8 Å². The molecule has 2 atom stereocenters. The van der Waals surface area contributed by atoms with Gasteiger partial charge in [0, 0.05) is 13.1 Å². The summed E-state index contributed by atoms with van der Waals surface area (Å²) in [7, 11) is -0.550. The van der Waals surface area contributed by atoms with Gasteiger partial charge in [-0.1, -0.05) is 12.1 Å². The van der Waals surface area contributed by atoms with Crippen molar-refractivity contribution in [3.8, 4) is 0 Å². The molecule has 2 N–H and O–H groups in total. The first kappa shape index (κ1) is 17.5. The van der Waals surface area contributed by atoms with E-state index < -0.39 is 13.9 Å². The van der Waals surface area contributed by atoms with Crippen molar-refractivity contribution in [3.05, 3.63) is 35.6 Å². The lowest BCUT2D eigenvalue weighted by Crippen LogP contribution is -2.57. The van der Waals surface area contributed by atoms with Crippen molar-refractivity contribution >= 4 is 19.9 Å². The van der Waals surface area contributed by atoms with Crippen LogP contribution in [0.4, 0.5) is 4.39 Å². The molecule has 1 amide bonds. The van der Waals surface area contributed by atoms with Gasteiger partial charge in [-0.05, 0) is 30.5 Å². The molecule has 2 fully saturated rings. The number of halogens is 1. The first-order valence-electron chi connectivity index (χ1n) is 8.18. The summed E-state index contributed by atoms with van der Waals surface area (Å²) in [5.74, 6) is -0.241. The number of hydrogen-bond donors (Lipinski definition) is 2. The van der Waals surface area contributed by atoms with Crippen molar-refractivity contribution in [3.63, 3.8) is 0 Å². The second kappa shape index (κ2) is 6.89. The molecular formula is C17H24FN3O2P+. The highest BCUT2D eigenvalue weighted by molar-refractivity contribution is 7.52. The van der Waals surface area contributed by atoms with E-state index in [-0.39, 0.29) is 23.7 Å². The number of nitrogens with one attached hydrogen (secondary N) is 1. The molecule has 1 aromatic carbocycles. The highest BCUT2D eigenvalue weighted by Crippen LogP contribution is 2.42. The smallest absolute Gasteiger partial charge is 0.226 e. The monoisotopic (exact) mass is 352 g/mol. The van der Waals surface area contributed by atoms with Crippen LogP contribution in [0, 0.1) is 5.82 Å². The van der Waals surface area contributed by atoms with Crippen LogP contribution in [0.3, 0.4) is 0 Å². The molecule has 130 valence electrons. The Labute approximate surface area is 142 Å². The van der Waals surface area contributed by atoms with Crippen molar-refractivity contribution in [1.29, 1.82) is 0 Å². The summed E-state index contributed by atoms with van der Waals surface area (Å²) in [6, 6.07) is 6.06. The first-order valence-corrected chi connectivity index (χ1v) is 10.1. The Morgan fingerprint density at radius 2 is 2.04 bits per heavy atom. The number of aliphatic hydroxyl groups excluding tert-OH is 1. The Hall–Kier alpha value is -1.33. The third-order valence-corrected chi connectivity index (χ3v) is 6.48. The second-order valence-corrected chi connectivity index (χ2v) is 8.41. The molecule has 24 heavy (non-hydrogen) atoms. The van der Waals surface area contributed by atoms with Crippen LogP contribution in [-0.4, -0.2) is 65.1 Å². The Morgan fingerprint density at radius 3 is 2.62 bits per heavy atom. The number of nitrogens with zero attached hydrogens (tertiary/aromatic N) is 2. The van der Waals surface area contributed by atoms with Gasteiger partial charge < -0.3 is 10.0 Å². The van der Waals surface area contributed by atoms with Crippen LogP contribution in [0.5, 0.6) is 0 Å². The molecule has 3 rings (SSSR count). The summed E-state index contributed by atoms with van der Waals surface area (Å²) in [4.78, 5) is 14.3. The lowest BCUT2D eigenvalue weighted by Gasteiger charge is -2.42. The Balaban J connectivity index is 1.63. The van der Waals surface area contributed by atoms with Gasteiger partial charge in [0.15, 0.2) is 7.70 Å². The van der Waals surface area contributed by atoms with Crippen LogP contribution in [0.25, 0.3) is 0 Å². The van der Waals surface area contributed by atoms with Crippen molar-refractivity contribution in [2.24, 2.45) is 0 Å². The minimum absolute atomic E-state index is 0.0526. The minimum Gasteiger partial charge on any atom is -0.376 e. The third kappa shape index (κ3) is 3.24. The van der Waals surface area contributed by atoms with Crippen molar-refractivity contribution < 1.29 is 14.3 Å². The number of rotatable bonds is 3. The molecule has 5 nitrogen and oxygen atoms in total. The number of piperidine rings is 1. The summed E-state index contributed by atoms with van der Waals surface area (Å²) in [5, 5.41) is 13.5. The zero-order valence-electron chi connectivity index (χ0n) is 13.9. The number of hydrogen-bond acceptors (Lipinski definition) is 4. The van der Waals surface area contributed by atoms with E-state index in [1.807, 2.05) is 4.90 Å². The van der Waals surface area contributed by atoms with E-state index >= 15 is 0 Å². The summed E-state index contributed by atoms with van der Waals surface area (Å²) >= 11 is 0. The van der Waals surface area contributed by atoms with Gasteiger partial charge in [-0.2, -0.15) is 0 Å². The standard InChI is InChI=1S/C17H24FN3O2P/c1-24(2)21-12-19-16(23)17(21)7-9-20(10-8-17)15(22)11-13-3-5-14(18)6-4-13/h3-6,16,19,23H,1,7-12H2,2H3/q+1. The van der Waals surface area contributed by atoms with E-state index in [9.17, 15) is 14.3 Å². The summed E-state index contributed by atoms with van der Waals surface area (Å²) in [6.45, 7) is 3.98. The van der Waals surface area contributed by atoms with Gasteiger partial charge in [0.2, 0.25) is 5.91 Å². The number of benzene rings is 1. The van der Waals surface area contributed by atoms with E-state index in [4.69, 9.17) is 0 Å². The van der Waals surface area contributed by atoms with Gasteiger partial charge in [0.1, 0.15) is 24.2 Å². The summed E-state index contributed by atoms with van der Waals surface area (Å²) in [5.41, 5.74) is 0.509. The number of likely N-dealkylation sites (tertiary alicyclic amines) is 1. The van der Waals surface area contributed by atoms with Gasteiger partial charge >= 0.3 is 0 Å². The SMILES string of the molecule is C=[P+](C)N1CNC(O)C12CCN(C(=O)Cc1ccc(F)cc1)CC2. The van der Waals surface area contributed by atoms with Gasteiger partial charge in [-0.25, -0.2) is 4.39 Å². The van der Waals surface area contributed by atoms with Crippen molar-refractivity contribution in [2.45, 2.75) is 31.0 Å². The summed E-state index contributed by atoms with van der Waals surface area (Å²) in [6.07, 6.45) is 5.33. The van der Waals surface area contributed by atoms with E-state index in [0.717, 1.165) is 18.4 Å². The Kier molecular flexibility index (Phi) is 5.02. The Morgan fingerprint density at radius 1 is 1.42 bits per heavy atom. The molecule has 0 bridgehead atoms. The largest absolute Gasteiger partial charge is 0.376 e. The number of carbonyl (C=O) groups is 1. The minimum atomic E-state index is -0.571. The van der Waals surface area contributed by atoms with Crippen LogP contribution >= 0.6 is 7.70 Å². The maximum atomic E-state index is 13.0. The molecule has 0 radical (unpaired) electrons. The first-order chi connectivity index (χ1) is 11.4. The molecule has 7 heteroatoms. The molecular weight excluding hydrogens is 328 g/mol. The second-order valence-electron chi connectivity index (χ2n) is 6.61. The average molecular weight is 352 g/mol. The van der Waals surface area contributed by atoms with Gasteiger partial charge in [0.25, 0.3) is 0 Å². The molecule has 0 saturated carbocycles. The normalized spacial score (nSPS) is 24.4. The topological polar surface area (TPSA) is 55.8 Å². The van der Waals surface area contributed by atoms with Crippen LogP contribution in [-0.2, 0) is 11.2 Å². The lowest BCUT2D eigenvalue weighted by molar-refractivity contribution is -0.133. The van der Waals surface area contributed by atoms with E-state index in [2.05, 4.69) is 23.0 Å². The molecule has 1 spiro atoms. The van der Waals surface area contributed by atoms with Crippen LogP contribution in [0.2, 0.25) is 0 Å². The van der Waals surface area contributed by atoms with Gasteiger partial charge in [-0.15, -0.1) is 4.67 Å². The highest BCUT2D eigenvalue weighted by atomic mass is 31.1. The molecule has 0 aliphatic carbocycles. The number of amides is 1. The predicted molar refractivity (Wildman–Crippen MR) is 94.5 cm³/mol. The molecule has 2 unspecified atom stereocenters. The van der Waals surface area contributed by atoms with Crippen molar-refractivity contribution in [1.82, 2.24) is 14.9 Å². The fourth-order valence-electron chi connectivity index (χ4n) is 3.69. The quantitative estimate of drug-likeness (QED) is 0.807. The van der Waals surface area contributed by atoms with Gasteiger partial charge in [0.05, 0.1) is 19.4 Å². The van der Waals surface area contributed by atoms with Crippen LogP contribution in [0.1, 0.15) is 18.4 Å². The third-order valence-electron chi connectivity index (χ3n) is 5.12. The molecule has 2 heterocycles. The van der Waals surface area contributed by atoms with Crippen LogP contribution < -0.4 is 5.32 Å². The molecule has 0 aromatic heterocycles. The molecule has 2 aliphatic rings. The van der Waals surface area contributed by atoms with Crippen LogP contribution in [0.15, 0.2) is 24.3 Å². The highest BCUT2D eigenvalue weighted by Gasteiger charge is 2.54. The molecule has 1 aromatic rings. The zero-order chi connectivity index (χ0) is 17.3. The number of carbonyl (C=O) groups excluding carboxylic acids is 1. The predicted octanol–water partition coefficient (Wildman–Crippen LogP) is 1.37. The fraction of sp³-hybridized carbons (Fsp3) is 0.529. The Bertz CT molecular complexity index is 629. The molecule has 2 aliphatic heterocycles. The van der Waals surface area contributed by atoms with E-state index in [1.54, 1.807) is 12.1 Å². The zero-order valence-corrected chi connectivity index (χ0v) is 14.8. The number of aliphatic hydroxyl groups is 1. The van der Waals surface area contributed by atoms with Crippen molar-refractivity contribution in [2.75, 3.05) is 26.4 Å².